The van der Waals surface area contributed by atoms with Crippen LogP contribution in [0.5, 0.6) is 5.75 Å². The highest BCUT2D eigenvalue weighted by molar-refractivity contribution is 5.91. The number of carbonyl (C=O) groups is 2. The van der Waals surface area contributed by atoms with Crippen LogP contribution in [0.3, 0.4) is 0 Å². The number of primary amides is 1. The lowest BCUT2D eigenvalue weighted by Crippen LogP contribution is -2.30. The largest absolute Gasteiger partial charge is 0.484 e. The van der Waals surface area contributed by atoms with Crippen LogP contribution in [0.25, 0.3) is 6.08 Å². The SMILES string of the molecule is NC(=O)COc1ccc(C=CC(=O)N2CCCCCC2)cc1. The average molecular weight is 302 g/mol. The predicted molar refractivity (Wildman–Crippen MR) is 85.2 cm³/mol. The van der Waals surface area contributed by atoms with Crippen LogP contribution < -0.4 is 10.5 Å². The Morgan fingerprint density at radius 3 is 2.32 bits per heavy atom. The van der Waals surface area contributed by atoms with Gasteiger partial charge < -0.3 is 15.4 Å². The Kier molecular flexibility index (Phi) is 6.01. The van der Waals surface area contributed by atoms with Crippen molar-refractivity contribution in [1.82, 2.24) is 4.90 Å². The minimum absolute atomic E-state index is 0.0657. The number of ether oxygens (including phenoxy) is 1. The standard InChI is InChI=1S/C17H22N2O3/c18-16(20)13-22-15-8-5-14(6-9-15)7-10-17(21)19-11-3-1-2-4-12-19/h5-10H,1-4,11-13H2,(H2,18,20). The van der Waals surface area contributed by atoms with Crippen LogP contribution in [-0.4, -0.2) is 36.4 Å². The average Bonchev–Trinajstić information content (AvgIpc) is 2.81. The van der Waals surface area contributed by atoms with Gasteiger partial charge in [0.2, 0.25) is 5.91 Å². The van der Waals surface area contributed by atoms with E-state index < -0.39 is 5.91 Å². The van der Waals surface area contributed by atoms with Crippen LogP contribution in [0.15, 0.2) is 30.3 Å². The summed E-state index contributed by atoms with van der Waals surface area (Å²) in [7, 11) is 0. The van der Waals surface area contributed by atoms with Gasteiger partial charge in [-0.3, -0.25) is 9.59 Å². The number of nitrogens with zero attached hydrogens (tertiary/aromatic N) is 1. The lowest BCUT2D eigenvalue weighted by Gasteiger charge is -2.17. The Labute approximate surface area is 130 Å². The summed E-state index contributed by atoms with van der Waals surface area (Å²) in [5.74, 6) is 0.137. The van der Waals surface area contributed by atoms with Gasteiger partial charge in [-0.2, -0.15) is 0 Å². The zero-order valence-corrected chi connectivity index (χ0v) is 12.7. The maximum absolute atomic E-state index is 12.1. The van der Waals surface area contributed by atoms with Crippen molar-refractivity contribution in [2.75, 3.05) is 19.7 Å². The quantitative estimate of drug-likeness (QED) is 0.845. The molecular weight excluding hydrogens is 280 g/mol. The molecule has 0 bridgehead atoms. The van der Waals surface area contributed by atoms with Crippen molar-refractivity contribution in [2.45, 2.75) is 25.7 Å². The van der Waals surface area contributed by atoms with Crippen molar-refractivity contribution in [3.8, 4) is 5.75 Å². The van der Waals surface area contributed by atoms with E-state index in [1.807, 2.05) is 17.0 Å². The van der Waals surface area contributed by atoms with E-state index in [1.54, 1.807) is 24.3 Å². The number of rotatable bonds is 5. The van der Waals surface area contributed by atoms with Crippen LogP contribution >= 0.6 is 0 Å². The smallest absolute Gasteiger partial charge is 0.255 e. The Bertz CT molecular complexity index is 529. The number of likely N-dealkylation sites (tertiary alicyclic amines) is 1. The highest BCUT2D eigenvalue weighted by Crippen LogP contribution is 2.14. The number of hydrogen-bond donors (Lipinski definition) is 1. The molecule has 0 unspecified atom stereocenters. The zero-order chi connectivity index (χ0) is 15.8. The van der Waals surface area contributed by atoms with Gasteiger partial charge in [-0.15, -0.1) is 0 Å². The van der Waals surface area contributed by atoms with Crippen LogP contribution in [-0.2, 0) is 9.59 Å². The highest BCUT2D eigenvalue weighted by Gasteiger charge is 2.12. The summed E-state index contributed by atoms with van der Waals surface area (Å²) in [5, 5.41) is 0. The fourth-order valence-electron chi connectivity index (χ4n) is 2.39. The number of nitrogens with two attached hydrogens (primary N) is 1. The molecular formula is C17H22N2O3. The summed E-state index contributed by atoms with van der Waals surface area (Å²) in [6.45, 7) is 1.56. The first-order valence-electron chi connectivity index (χ1n) is 7.63. The Morgan fingerprint density at radius 1 is 1.09 bits per heavy atom. The Hall–Kier alpha value is -2.30. The topological polar surface area (TPSA) is 72.6 Å². The Balaban J connectivity index is 1.88. The third-order valence-electron chi connectivity index (χ3n) is 3.60. The van der Waals surface area contributed by atoms with E-state index in [0.717, 1.165) is 31.5 Å². The van der Waals surface area contributed by atoms with Gasteiger partial charge in [-0.25, -0.2) is 0 Å². The summed E-state index contributed by atoms with van der Waals surface area (Å²) in [6, 6.07) is 7.17. The lowest BCUT2D eigenvalue weighted by atomic mass is 10.2. The van der Waals surface area contributed by atoms with Crippen LogP contribution in [0.1, 0.15) is 31.2 Å². The van der Waals surface area contributed by atoms with Gasteiger partial charge in [0.15, 0.2) is 6.61 Å². The summed E-state index contributed by atoms with van der Waals surface area (Å²) >= 11 is 0. The fourth-order valence-corrected chi connectivity index (χ4v) is 2.39. The molecule has 2 N–H and O–H groups in total. The second-order valence-corrected chi connectivity index (χ2v) is 5.40. The summed E-state index contributed by atoms with van der Waals surface area (Å²) in [6.07, 6.45) is 8.01. The van der Waals surface area contributed by atoms with Crippen molar-refractivity contribution < 1.29 is 14.3 Å². The predicted octanol–water partition coefficient (Wildman–Crippen LogP) is 1.97. The van der Waals surface area contributed by atoms with Crippen LogP contribution in [0, 0.1) is 0 Å². The van der Waals surface area contributed by atoms with Gasteiger partial charge in [0.25, 0.3) is 5.91 Å². The zero-order valence-electron chi connectivity index (χ0n) is 12.7. The lowest BCUT2D eigenvalue weighted by molar-refractivity contribution is -0.126. The van der Waals surface area contributed by atoms with Crippen molar-refractivity contribution in [1.29, 1.82) is 0 Å². The molecule has 0 spiro atoms. The molecule has 2 amide bonds. The Morgan fingerprint density at radius 2 is 1.73 bits per heavy atom. The van der Waals surface area contributed by atoms with Crippen LogP contribution in [0.4, 0.5) is 0 Å². The molecule has 118 valence electrons. The molecule has 22 heavy (non-hydrogen) atoms. The van der Waals surface area contributed by atoms with Gasteiger partial charge in [-0.05, 0) is 36.6 Å². The van der Waals surface area contributed by atoms with E-state index in [4.69, 9.17) is 10.5 Å². The number of amides is 2. The first kappa shape index (κ1) is 16.1. The molecule has 0 radical (unpaired) electrons. The first-order valence-corrected chi connectivity index (χ1v) is 7.63. The van der Waals surface area contributed by atoms with Gasteiger partial charge in [-0.1, -0.05) is 25.0 Å². The molecule has 1 fully saturated rings. The number of benzene rings is 1. The highest BCUT2D eigenvalue weighted by atomic mass is 16.5. The van der Waals surface area contributed by atoms with E-state index in [-0.39, 0.29) is 12.5 Å². The second-order valence-electron chi connectivity index (χ2n) is 5.40. The minimum Gasteiger partial charge on any atom is -0.484 e. The van der Waals surface area contributed by atoms with E-state index in [1.165, 1.54) is 12.8 Å². The van der Waals surface area contributed by atoms with Gasteiger partial charge in [0.05, 0.1) is 0 Å². The number of carbonyl (C=O) groups excluding carboxylic acids is 2. The van der Waals surface area contributed by atoms with Crippen molar-refractivity contribution in [3.63, 3.8) is 0 Å². The third kappa shape index (κ3) is 5.24. The normalized spacial score (nSPS) is 15.5. The molecule has 1 aromatic carbocycles. The molecule has 0 saturated carbocycles. The van der Waals surface area contributed by atoms with Gasteiger partial charge in [0.1, 0.15) is 5.75 Å². The summed E-state index contributed by atoms with van der Waals surface area (Å²) in [5.41, 5.74) is 5.93. The molecule has 2 rings (SSSR count). The van der Waals surface area contributed by atoms with Gasteiger partial charge in [0, 0.05) is 19.2 Å². The molecule has 0 atom stereocenters. The van der Waals surface area contributed by atoms with E-state index in [0.29, 0.717) is 5.75 Å². The monoisotopic (exact) mass is 302 g/mol. The number of hydrogen-bond acceptors (Lipinski definition) is 3. The van der Waals surface area contributed by atoms with Crippen LogP contribution in [0.2, 0.25) is 0 Å². The molecule has 0 aliphatic carbocycles. The molecule has 5 heteroatoms. The maximum Gasteiger partial charge on any atom is 0.255 e. The van der Waals surface area contributed by atoms with E-state index >= 15 is 0 Å². The summed E-state index contributed by atoms with van der Waals surface area (Å²) in [4.78, 5) is 24.7. The van der Waals surface area contributed by atoms with Crippen molar-refractivity contribution >= 4 is 17.9 Å². The van der Waals surface area contributed by atoms with E-state index in [2.05, 4.69) is 0 Å². The van der Waals surface area contributed by atoms with E-state index in [9.17, 15) is 9.59 Å². The molecule has 1 saturated heterocycles. The fraction of sp³-hybridized carbons (Fsp3) is 0.412. The molecule has 1 aromatic rings. The molecule has 1 heterocycles. The minimum atomic E-state index is -0.507. The van der Waals surface area contributed by atoms with Gasteiger partial charge >= 0.3 is 0 Å². The van der Waals surface area contributed by atoms with Crippen molar-refractivity contribution in [3.05, 3.63) is 35.9 Å². The molecule has 1 aliphatic rings. The molecule has 0 aromatic heterocycles. The summed E-state index contributed by atoms with van der Waals surface area (Å²) < 4.78 is 5.18. The molecule has 5 nitrogen and oxygen atoms in total. The second kappa shape index (κ2) is 8.22. The maximum atomic E-state index is 12.1. The first-order chi connectivity index (χ1) is 10.6. The van der Waals surface area contributed by atoms with Crippen molar-refractivity contribution in [2.24, 2.45) is 5.73 Å². The third-order valence-corrected chi connectivity index (χ3v) is 3.60. The molecule has 1 aliphatic heterocycles.